The first kappa shape index (κ1) is 26.7. The Hall–Kier alpha value is -5.86. The maximum atomic E-state index is 3.64. The zero-order valence-electron chi connectivity index (χ0n) is 25.1. The summed E-state index contributed by atoms with van der Waals surface area (Å²) in [6.07, 6.45) is 0. The third-order valence-corrected chi connectivity index (χ3v) is 8.62. The molecule has 0 saturated heterocycles. The summed E-state index contributed by atoms with van der Waals surface area (Å²) in [4.78, 5) is 0. The number of hydrogen-bond acceptors (Lipinski definition) is 1. The molecule has 0 radical (unpaired) electrons. The second-order valence-corrected chi connectivity index (χ2v) is 11.6. The smallest absolute Gasteiger partial charge is 0.0543 e. The Morgan fingerprint density at radius 3 is 1.84 bits per heavy atom. The maximum Gasteiger partial charge on any atom is 0.0543 e. The summed E-state index contributed by atoms with van der Waals surface area (Å²) in [5.74, 6) is 0. The van der Waals surface area contributed by atoms with E-state index in [9.17, 15) is 0 Å². The molecule has 1 N–H and O–H groups in total. The monoisotopic (exact) mass is 576 g/mol. The van der Waals surface area contributed by atoms with Gasteiger partial charge in [0.05, 0.1) is 11.0 Å². The molecule has 8 aromatic rings. The lowest BCUT2D eigenvalue weighted by Gasteiger charge is -2.15. The number of aromatic nitrogens is 1. The van der Waals surface area contributed by atoms with Gasteiger partial charge < -0.3 is 9.88 Å². The Kier molecular flexibility index (Phi) is 6.73. The average Bonchev–Trinajstić information content (AvgIpc) is 3.42. The molecule has 0 aliphatic carbocycles. The Balaban J connectivity index is 1.28. The van der Waals surface area contributed by atoms with Crippen LogP contribution in [0.3, 0.4) is 0 Å². The van der Waals surface area contributed by atoms with E-state index in [1.54, 1.807) is 0 Å². The highest BCUT2D eigenvalue weighted by atomic mass is 15.0. The van der Waals surface area contributed by atoms with E-state index >= 15 is 0 Å². The molecule has 0 fully saturated rings. The summed E-state index contributed by atoms with van der Waals surface area (Å²) < 4.78 is 2.41. The highest BCUT2D eigenvalue weighted by Gasteiger charge is 2.15. The molecule has 7 aromatic carbocycles. The fourth-order valence-corrected chi connectivity index (χ4v) is 6.41. The number of nitrogens with zero attached hydrogens (tertiary/aromatic N) is 1. The second kappa shape index (κ2) is 11.3. The number of nitrogens with one attached hydrogen (secondary N) is 1. The van der Waals surface area contributed by atoms with Crippen LogP contribution in [0.2, 0.25) is 0 Å². The molecule has 0 unspecified atom stereocenters. The van der Waals surface area contributed by atoms with Crippen molar-refractivity contribution in [2.24, 2.45) is 0 Å². The number of anilines is 2. The van der Waals surface area contributed by atoms with Crippen LogP contribution in [0, 0.1) is 6.92 Å². The summed E-state index contributed by atoms with van der Waals surface area (Å²) >= 11 is 0. The van der Waals surface area contributed by atoms with E-state index in [0.717, 1.165) is 17.1 Å². The summed E-state index contributed by atoms with van der Waals surface area (Å²) in [6, 6.07) is 60.9. The largest absolute Gasteiger partial charge is 0.355 e. The van der Waals surface area contributed by atoms with Crippen LogP contribution in [0.25, 0.3) is 60.9 Å². The average molecular weight is 577 g/mol. The Morgan fingerprint density at radius 2 is 1.07 bits per heavy atom. The molecule has 0 atom stereocenters. The van der Waals surface area contributed by atoms with Crippen molar-refractivity contribution in [3.05, 3.63) is 175 Å². The summed E-state index contributed by atoms with van der Waals surface area (Å²) in [5.41, 5.74) is 14.2. The van der Waals surface area contributed by atoms with Gasteiger partial charge >= 0.3 is 0 Å². The first-order valence-corrected chi connectivity index (χ1v) is 15.4. The zero-order valence-corrected chi connectivity index (χ0v) is 25.1. The molecule has 214 valence electrons. The zero-order chi connectivity index (χ0) is 30.2. The van der Waals surface area contributed by atoms with Crippen molar-refractivity contribution in [3.63, 3.8) is 0 Å². The van der Waals surface area contributed by atoms with E-state index in [4.69, 9.17) is 0 Å². The lowest BCUT2D eigenvalue weighted by atomic mass is 9.96. The summed E-state index contributed by atoms with van der Waals surface area (Å²) in [5, 5.41) is 6.15. The van der Waals surface area contributed by atoms with Gasteiger partial charge in [-0.15, -0.1) is 0 Å². The summed E-state index contributed by atoms with van der Waals surface area (Å²) in [7, 11) is 0. The first-order chi connectivity index (χ1) is 22.2. The second-order valence-electron chi connectivity index (χ2n) is 11.6. The fourth-order valence-electron chi connectivity index (χ4n) is 6.41. The van der Waals surface area contributed by atoms with E-state index in [-0.39, 0.29) is 0 Å². The highest BCUT2D eigenvalue weighted by molar-refractivity contribution is 6.10. The van der Waals surface area contributed by atoms with E-state index in [0.29, 0.717) is 0 Å². The number of benzene rings is 7. The van der Waals surface area contributed by atoms with Gasteiger partial charge in [0.15, 0.2) is 0 Å². The predicted molar refractivity (Wildman–Crippen MR) is 192 cm³/mol. The molecule has 0 aliphatic heterocycles. The number of fused-ring (bicyclic) bond motifs is 3. The molecule has 0 aliphatic rings. The van der Waals surface area contributed by atoms with Crippen molar-refractivity contribution < 1.29 is 0 Å². The van der Waals surface area contributed by atoms with Gasteiger partial charge in [0.1, 0.15) is 0 Å². The van der Waals surface area contributed by atoms with Crippen molar-refractivity contribution in [1.82, 2.24) is 4.57 Å². The number of para-hydroxylation sites is 1. The molecule has 2 heteroatoms. The van der Waals surface area contributed by atoms with Gasteiger partial charge in [-0.1, -0.05) is 115 Å². The van der Waals surface area contributed by atoms with E-state index in [1.807, 2.05) is 6.07 Å². The fraction of sp³-hybridized carbons (Fsp3) is 0.0233. The Labute approximate surface area is 263 Å². The minimum absolute atomic E-state index is 1.07. The predicted octanol–water partition coefficient (Wildman–Crippen LogP) is 11.8. The van der Waals surface area contributed by atoms with Crippen LogP contribution < -0.4 is 5.32 Å². The molecule has 2 nitrogen and oxygen atoms in total. The van der Waals surface area contributed by atoms with Gasteiger partial charge in [-0.05, 0) is 94.9 Å². The molecule has 0 amide bonds. The van der Waals surface area contributed by atoms with E-state index in [2.05, 4.69) is 181 Å². The summed E-state index contributed by atoms with van der Waals surface area (Å²) in [6.45, 7) is 2.17. The lowest BCUT2D eigenvalue weighted by molar-refractivity contribution is 1.18. The molecule has 8 rings (SSSR count). The lowest BCUT2D eigenvalue weighted by Crippen LogP contribution is -1.95. The number of aryl methyl sites for hydroxylation is 1. The van der Waals surface area contributed by atoms with Crippen LogP contribution in [-0.2, 0) is 0 Å². The van der Waals surface area contributed by atoms with Crippen molar-refractivity contribution in [1.29, 1.82) is 0 Å². The van der Waals surface area contributed by atoms with E-state index < -0.39 is 0 Å². The topological polar surface area (TPSA) is 17.0 Å². The number of rotatable bonds is 6. The Morgan fingerprint density at radius 1 is 0.422 bits per heavy atom. The van der Waals surface area contributed by atoms with Crippen molar-refractivity contribution in [2.75, 3.05) is 5.32 Å². The molecule has 1 aromatic heterocycles. The van der Waals surface area contributed by atoms with Gasteiger partial charge in [0.25, 0.3) is 0 Å². The normalized spacial score (nSPS) is 11.2. The third-order valence-electron chi connectivity index (χ3n) is 8.62. The van der Waals surface area contributed by atoms with Gasteiger partial charge in [-0.25, -0.2) is 0 Å². The van der Waals surface area contributed by atoms with Crippen LogP contribution >= 0.6 is 0 Å². The van der Waals surface area contributed by atoms with Crippen molar-refractivity contribution in [3.8, 4) is 39.1 Å². The van der Waals surface area contributed by atoms with Crippen LogP contribution in [0.15, 0.2) is 170 Å². The SMILES string of the molecule is Cc1ccc2c3cc(-c4ccc(Nc5ccccc5)c(-c5ccccc5)c4)ccc3n(-c3cccc(-c4ccccc4)c3)c2c1. The van der Waals surface area contributed by atoms with E-state index in [1.165, 1.54) is 60.8 Å². The van der Waals surface area contributed by atoms with Crippen molar-refractivity contribution >= 4 is 33.2 Å². The highest BCUT2D eigenvalue weighted by Crippen LogP contribution is 2.39. The van der Waals surface area contributed by atoms with Gasteiger partial charge in [-0.2, -0.15) is 0 Å². The minimum atomic E-state index is 1.07. The molecule has 1 heterocycles. The molecular weight excluding hydrogens is 544 g/mol. The van der Waals surface area contributed by atoms with Crippen LogP contribution in [-0.4, -0.2) is 4.57 Å². The van der Waals surface area contributed by atoms with Crippen LogP contribution in [0.1, 0.15) is 5.56 Å². The minimum Gasteiger partial charge on any atom is -0.355 e. The van der Waals surface area contributed by atoms with Gasteiger partial charge in [0, 0.05) is 33.4 Å². The molecule has 0 spiro atoms. The van der Waals surface area contributed by atoms with Gasteiger partial charge in [0.2, 0.25) is 0 Å². The number of hydrogen-bond donors (Lipinski definition) is 1. The Bertz CT molecular complexity index is 2280. The van der Waals surface area contributed by atoms with Crippen LogP contribution in [0.4, 0.5) is 11.4 Å². The van der Waals surface area contributed by atoms with Crippen LogP contribution in [0.5, 0.6) is 0 Å². The third kappa shape index (κ3) is 5.07. The molecule has 0 bridgehead atoms. The molecule has 0 saturated carbocycles. The van der Waals surface area contributed by atoms with Crippen molar-refractivity contribution in [2.45, 2.75) is 6.92 Å². The maximum absolute atomic E-state index is 3.64. The molecule has 45 heavy (non-hydrogen) atoms. The first-order valence-electron chi connectivity index (χ1n) is 15.4. The standard InChI is InChI=1S/C43H32N2/c1-30-20-23-38-40-29-35(34-21-24-41(44-36-17-9-4-10-18-36)39(28-34)32-14-7-3-8-15-32)22-25-42(40)45(43(38)26-30)37-19-11-16-33(27-37)31-12-5-2-6-13-31/h2-29,44H,1H3. The van der Waals surface area contributed by atoms with Gasteiger partial charge in [-0.3, -0.25) is 0 Å². The quantitative estimate of drug-likeness (QED) is 0.208. The molecular formula is C43H32N2.